The Morgan fingerprint density at radius 2 is 2.02 bits per heavy atom. The Labute approximate surface area is 254 Å². The van der Waals surface area contributed by atoms with Gasteiger partial charge in [0.05, 0.1) is 18.1 Å². The number of carbonyl (C=O) groups is 2. The lowest BCUT2D eigenvalue weighted by atomic mass is 9.73. The van der Waals surface area contributed by atoms with Crippen LogP contribution in [0.3, 0.4) is 0 Å². The summed E-state index contributed by atoms with van der Waals surface area (Å²) in [6.45, 7) is 14.0. The molecule has 0 radical (unpaired) electrons. The zero-order valence-electron chi connectivity index (χ0n) is 25.3. The lowest BCUT2D eigenvalue weighted by Gasteiger charge is -2.46. The number of carboxylic acid groups (broad SMARTS) is 1. The van der Waals surface area contributed by atoms with E-state index in [1.807, 2.05) is 26.0 Å². The zero-order valence-corrected chi connectivity index (χ0v) is 26.1. The van der Waals surface area contributed by atoms with E-state index in [0.29, 0.717) is 16.9 Å². The van der Waals surface area contributed by atoms with Crippen LogP contribution in [0.1, 0.15) is 83.8 Å². The maximum absolute atomic E-state index is 12.7. The Kier molecular flexibility index (Phi) is 9.83. The second kappa shape index (κ2) is 13.0. The minimum Gasteiger partial charge on any atom is -0.507 e. The van der Waals surface area contributed by atoms with E-state index < -0.39 is 24.0 Å². The summed E-state index contributed by atoms with van der Waals surface area (Å²) in [6.07, 6.45) is 7.16. The number of allylic oxidation sites excluding steroid dienone is 3. The van der Waals surface area contributed by atoms with Gasteiger partial charge in [-0.1, -0.05) is 50.5 Å². The average molecular weight is 597 g/mol. The molecule has 0 bridgehead atoms. The van der Waals surface area contributed by atoms with Crippen LogP contribution in [0, 0.1) is 17.8 Å². The van der Waals surface area contributed by atoms with Crippen molar-refractivity contribution < 1.29 is 29.6 Å². The number of ether oxygens (including phenoxy) is 1. The van der Waals surface area contributed by atoms with Crippen LogP contribution in [0.15, 0.2) is 47.2 Å². The number of rotatable bonds is 11. The van der Waals surface area contributed by atoms with E-state index in [2.05, 4.69) is 31.8 Å². The molecule has 6 atom stereocenters. The van der Waals surface area contributed by atoms with E-state index in [1.54, 1.807) is 6.92 Å². The van der Waals surface area contributed by atoms with Crippen molar-refractivity contribution in [1.82, 2.24) is 10.2 Å². The van der Waals surface area contributed by atoms with E-state index in [0.717, 1.165) is 49.7 Å². The molecule has 0 aromatic heterocycles. The number of aromatic hydroxyl groups is 1. The Balaban J connectivity index is 1.61. The Hall–Kier alpha value is -3.17. The number of phenols is 1. The van der Waals surface area contributed by atoms with Crippen molar-refractivity contribution in [1.29, 1.82) is 0 Å². The number of nitrogens with zero attached hydrogens (tertiary/aromatic N) is 1. The molecule has 4 rings (SSSR count). The summed E-state index contributed by atoms with van der Waals surface area (Å²) in [5.41, 5.74) is 4.37. The molecule has 0 spiro atoms. The van der Waals surface area contributed by atoms with Gasteiger partial charge in [-0.3, -0.25) is 4.79 Å². The van der Waals surface area contributed by atoms with Crippen LogP contribution in [0.5, 0.6) is 11.5 Å². The molecular weight excluding hydrogens is 552 g/mol. The molecule has 9 heteroatoms. The summed E-state index contributed by atoms with van der Waals surface area (Å²) in [5, 5.41) is 34.5. The molecule has 3 aliphatic rings. The number of amides is 1. The number of benzene rings is 1. The minimum atomic E-state index is -1.19. The molecule has 1 unspecified atom stereocenters. The average Bonchev–Trinajstić information content (AvgIpc) is 3.15. The van der Waals surface area contributed by atoms with Crippen LogP contribution in [0.4, 0.5) is 0 Å². The fraction of sp³-hybridized carbons (Fsp3) is 0.545. The summed E-state index contributed by atoms with van der Waals surface area (Å²) in [6, 6.07) is 3.37. The molecule has 2 aliphatic heterocycles. The van der Waals surface area contributed by atoms with Gasteiger partial charge in [0.1, 0.15) is 17.2 Å². The lowest BCUT2D eigenvalue weighted by molar-refractivity contribution is -0.163. The van der Waals surface area contributed by atoms with Crippen molar-refractivity contribution in [3.05, 3.63) is 58.3 Å². The molecule has 1 aliphatic carbocycles. The fourth-order valence-electron chi connectivity index (χ4n) is 6.90. The minimum absolute atomic E-state index is 0.0434. The molecule has 1 amide bonds. The third kappa shape index (κ3) is 6.13. The van der Waals surface area contributed by atoms with Crippen molar-refractivity contribution >= 4 is 29.3 Å². The molecule has 1 aromatic rings. The van der Waals surface area contributed by atoms with Gasteiger partial charge in [-0.15, -0.1) is 0 Å². The van der Waals surface area contributed by atoms with Gasteiger partial charge in [-0.25, -0.2) is 4.79 Å². The van der Waals surface area contributed by atoms with Gasteiger partial charge in [-0.2, -0.15) is 0 Å². The summed E-state index contributed by atoms with van der Waals surface area (Å²) >= 11 is 5.60. The van der Waals surface area contributed by atoms with Gasteiger partial charge in [0.15, 0.2) is 0 Å². The Morgan fingerprint density at radius 3 is 2.64 bits per heavy atom. The number of aliphatic carboxylic acids is 1. The van der Waals surface area contributed by atoms with Crippen LogP contribution < -0.4 is 10.1 Å². The molecule has 228 valence electrons. The second-order valence-corrected chi connectivity index (χ2v) is 12.6. The van der Waals surface area contributed by atoms with Gasteiger partial charge in [-0.05, 0) is 87.9 Å². The molecule has 0 saturated carbocycles. The van der Waals surface area contributed by atoms with E-state index in [4.69, 9.17) is 17.0 Å². The monoisotopic (exact) mass is 596 g/mol. The second-order valence-electron chi connectivity index (χ2n) is 12.2. The molecule has 42 heavy (non-hydrogen) atoms. The standard InChI is InChI=1S/C33H44N2O6S/c1-7-8-9-10-21-14-25(37)28(23-13-18(4)11-12-22(23)17(2)3)26(15-21)41-33(42)34-16-24-19(5)29-27(20(6)36)31(38)35(29)30(24)32(39)40/h13-15,19-20,22-23,27,29,36-37H,2,7-12,16H2,1,3-6H3,(H,34,42)(H,39,40)/t19-,20+,22-,23+,27+,29?/m0/s1. The van der Waals surface area contributed by atoms with Gasteiger partial charge >= 0.3 is 5.97 Å². The van der Waals surface area contributed by atoms with Gasteiger partial charge in [0.25, 0.3) is 5.17 Å². The summed E-state index contributed by atoms with van der Waals surface area (Å²) in [4.78, 5) is 26.1. The number of phenolic OH excluding ortho intramolecular Hbond substituents is 1. The number of hydrogen-bond donors (Lipinski definition) is 4. The maximum Gasteiger partial charge on any atom is 0.352 e. The third-order valence-electron chi connectivity index (χ3n) is 9.11. The zero-order chi connectivity index (χ0) is 30.9. The Morgan fingerprint density at radius 1 is 1.31 bits per heavy atom. The van der Waals surface area contributed by atoms with Crippen LogP contribution in [0.2, 0.25) is 0 Å². The van der Waals surface area contributed by atoms with E-state index in [9.17, 15) is 24.9 Å². The van der Waals surface area contributed by atoms with Crippen molar-refractivity contribution in [2.24, 2.45) is 17.8 Å². The van der Waals surface area contributed by atoms with Crippen LogP contribution in [-0.4, -0.2) is 56.0 Å². The predicted molar refractivity (Wildman–Crippen MR) is 166 cm³/mol. The number of unbranched alkanes of at least 4 members (excludes halogenated alkanes) is 2. The van der Waals surface area contributed by atoms with E-state index in [1.165, 1.54) is 10.5 Å². The molecule has 1 saturated heterocycles. The highest BCUT2D eigenvalue weighted by Crippen LogP contribution is 2.48. The van der Waals surface area contributed by atoms with Crippen molar-refractivity contribution in [3.8, 4) is 11.5 Å². The summed E-state index contributed by atoms with van der Waals surface area (Å²) < 4.78 is 6.24. The predicted octanol–water partition coefficient (Wildman–Crippen LogP) is 5.59. The van der Waals surface area contributed by atoms with Gasteiger partial charge in [0, 0.05) is 23.9 Å². The number of aliphatic hydroxyl groups excluding tert-OH is 1. The fourth-order valence-corrected chi connectivity index (χ4v) is 7.06. The number of aryl methyl sites for hydroxylation is 1. The number of fused-ring (bicyclic) bond motifs is 1. The van der Waals surface area contributed by atoms with Crippen molar-refractivity contribution in [3.63, 3.8) is 0 Å². The molecule has 1 fully saturated rings. The maximum atomic E-state index is 12.7. The highest BCUT2D eigenvalue weighted by atomic mass is 32.1. The largest absolute Gasteiger partial charge is 0.507 e. The molecule has 2 heterocycles. The highest BCUT2D eigenvalue weighted by molar-refractivity contribution is 7.80. The van der Waals surface area contributed by atoms with Crippen LogP contribution >= 0.6 is 12.2 Å². The smallest absolute Gasteiger partial charge is 0.352 e. The lowest BCUT2D eigenvalue weighted by Crippen LogP contribution is -2.63. The van der Waals surface area contributed by atoms with Crippen molar-refractivity contribution in [2.45, 2.75) is 91.2 Å². The molecular formula is C33H44N2O6S. The number of aliphatic hydroxyl groups is 1. The first kappa shape index (κ1) is 31.8. The number of nitrogens with one attached hydrogen (secondary N) is 1. The normalized spacial score (nSPS) is 25.9. The number of thiocarbonyl (C=S) groups is 1. The van der Waals surface area contributed by atoms with Gasteiger partial charge in [0.2, 0.25) is 5.91 Å². The third-order valence-corrected chi connectivity index (χ3v) is 9.33. The molecule has 4 N–H and O–H groups in total. The summed E-state index contributed by atoms with van der Waals surface area (Å²) in [7, 11) is 0. The number of carbonyl (C=O) groups excluding carboxylic acids is 1. The number of hydrogen-bond acceptors (Lipinski definition) is 6. The molecule has 8 nitrogen and oxygen atoms in total. The van der Waals surface area contributed by atoms with E-state index >= 15 is 0 Å². The quantitative estimate of drug-likeness (QED) is 0.113. The number of carboxylic acids is 1. The first-order valence-corrected chi connectivity index (χ1v) is 15.4. The molecule has 1 aromatic carbocycles. The Bertz CT molecular complexity index is 1330. The van der Waals surface area contributed by atoms with Crippen LogP contribution in [0.25, 0.3) is 0 Å². The van der Waals surface area contributed by atoms with E-state index in [-0.39, 0.29) is 46.8 Å². The SMILES string of the molecule is C=C(C)[C@@H]1CCC(C)=C[C@H]1c1c(O)cc(CCCCC)cc1OC(=S)NCC1=C(C(=O)O)N2C(=O)[C@H]([C@@H](C)O)C2[C@H]1C. The first-order chi connectivity index (χ1) is 19.9. The van der Waals surface area contributed by atoms with Crippen molar-refractivity contribution in [2.75, 3.05) is 6.54 Å². The summed E-state index contributed by atoms with van der Waals surface area (Å²) in [5.74, 6) is -1.83. The topological polar surface area (TPSA) is 119 Å². The highest BCUT2D eigenvalue weighted by Gasteiger charge is 2.59. The van der Waals surface area contributed by atoms with Crippen LogP contribution in [-0.2, 0) is 16.0 Å². The number of β-lactam (4-membered cyclic amide) rings is 1. The van der Waals surface area contributed by atoms with Gasteiger partial charge < -0.3 is 30.3 Å². The first-order valence-electron chi connectivity index (χ1n) is 15.0.